The molecule has 2 aromatic heterocycles. The highest BCUT2D eigenvalue weighted by Gasteiger charge is 2.15. The number of aromatic nitrogens is 3. The average molecular weight is 416 g/mol. The van der Waals surface area contributed by atoms with E-state index in [1.165, 1.54) is 0 Å². The zero-order chi connectivity index (χ0) is 21.0. The fraction of sp³-hybridized carbons (Fsp3) is 0.0455. The fourth-order valence-corrected chi connectivity index (χ4v) is 3.00. The van der Waals surface area contributed by atoms with E-state index >= 15 is 0 Å². The first-order valence-electron chi connectivity index (χ1n) is 9.33. The van der Waals surface area contributed by atoms with Crippen molar-refractivity contribution in [3.05, 3.63) is 73.3 Å². The first-order valence-corrected chi connectivity index (χ1v) is 9.33. The minimum Gasteiger partial charge on any atom is -0.454 e. The Morgan fingerprint density at radius 3 is 2.61 bits per heavy atom. The van der Waals surface area contributed by atoms with Crippen LogP contribution in [0.1, 0.15) is 0 Å². The fourth-order valence-electron chi connectivity index (χ4n) is 3.00. The molecule has 0 fully saturated rings. The summed E-state index contributed by atoms with van der Waals surface area (Å²) in [6, 6.07) is 15.9. The van der Waals surface area contributed by atoms with Gasteiger partial charge in [0.15, 0.2) is 11.5 Å². The number of imidazole rings is 1. The zero-order valence-electron chi connectivity index (χ0n) is 16.1. The molecular formula is C22H16N4O5. The summed E-state index contributed by atoms with van der Waals surface area (Å²) in [5.74, 6) is 2.83. The molecule has 2 aromatic carbocycles. The third-order valence-electron chi connectivity index (χ3n) is 4.47. The lowest BCUT2D eigenvalue weighted by Crippen LogP contribution is -2.00. The number of nitrogens with one attached hydrogen (secondary N) is 1. The summed E-state index contributed by atoms with van der Waals surface area (Å²) in [4.78, 5) is 19.4. The average Bonchev–Trinajstić information content (AvgIpc) is 3.48. The largest absolute Gasteiger partial charge is 0.454 e. The molecule has 0 unspecified atom stereocenters. The van der Waals surface area contributed by atoms with Crippen LogP contribution in [0.3, 0.4) is 0 Å². The maximum absolute atomic E-state index is 11.0. The Bertz CT molecular complexity index is 1210. The Morgan fingerprint density at radius 1 is 0.968 bits per heavy atom. The van der Waals surface area contributed by atoms with Gasteiger partial charge in [-0.2, -0.15) is 4.98 Å². The third kappa shape index (κ3) is 3.97. The van der Waals surface area contributed by atoms with E-state index in [-0.39, 0.29) is 12.7 Å². The number of fused-ring (bicyclic) bond motifs is 1. The molecule has 4 aromatic rings. The van der Waals surface area contributed by atoms with Gasteiger partial charge in [-0.15, -0.1) is 0 Å². The van der Waals surface area contributed by atoms with Crippen molar-refractivity contribution in [3.8, 4) is 40.4 Å². The van der Waals surface area contributed by atoms with Crippen molar-refractivity contribution in [2.75, 3.05) is 12.1 Å². The molecule has 0 bridgehead atoms. The first-order chi connectivity index (χ1) is 15.3. The van der Waals surface area contributed by atoms with Crippen LogP contribution >= 0.6 is 0 Å². The van der Waals surface area contributed by atoms with Crippen LogP contribution in [0.15, 0.2) is 73.3 Å². The number of hydrogen-bond acceptors (Lipinski definition) is 7. The Balaban J connectivity index is 1.38. The van der Waals surface area contributed by atoms with E-state index in [0.717, 1.165) is 5.69 Å². The van der Waals surface area contributed by atoms with E-state index in [0.29, 0.717) is 41.0 Å². The molecule has 3 heterocycles. The Morgan fingerprint density at radius 2 is 1.81 bits per heavy atom. The van der Waals surface area contributed by atoms with E-state index in [9.17, 15) is 4.79 Å². The monoisotopic (exact) mass is 416 g/mol. The van der Waals surface area contributed by atoms with Crippen molar-refractivity contribution >= 4 is 12.1 Å². The van der Waals surface area contributed by atoms with Gasteiger partial charge in [0, 0.05) is 30.2 Å². The number of amides is 1. The molecule has 0 saturated carbocycles. The van der Waals surface area contributed by atoms with Gasteiger partial charge >= 0.3 is 0 Å². The molecule has 9 heteroatoms. The highest BCUT2D eigenvalue weighted by molar-refractivity contribution is 5.74. The summed E-state index contributed by atoms with van der Waals surface area (Å²) in [6.45, 7) is 0.181. The lowest BCUT2D eigenvalue weighted by Gasteiger charge is -2.12. The van der Waals surface area contributed by atoms with Crippen molar-refractivity contribution in [2.45, 2.75) is 0 Å². The van der Waals surface area contributed by atoms with Crippen molar-refractivity contribution in [1.29, 1.82) is 0 Å². The summed E-state index contributed by atoms with van der Waals surface area (Å²) in [5.41, 5.74) is 1.34. The van der Waals surface area contributed by atoms with Gasteiger partial charge in [-0.3, -0.25) is 4.79 Å². The number of rotatable bonds is 7. The van der Waals surface area contributed by atoms with Crippen LogP contribution in [0.2, 0.25) is 0 Å². The highest BCUT2D eigenvalue weighted by Crippen LogP contribution is 2.37. The molecule has 154 valence electrons. The van der Waals surface area contributed by atoms with Crippen LogP contribution in [-0.4, -0.2) is 27.7 Å². The van der Waals surface area contributed by atoms with E-state index in [2.05, 4.69) is 15.3 Å². The number of anilines is 1. The lowest BCUT2D eigenvalue weighted by molar-refractivity contribution is -0.105. The number of carbonyl (C=O) groups excluding carboxylic acids is 1. The molecule has 0 atom stereocenters. The molecule has 9 nitrogen and oxygen atoms in total. The van der Waals surface area contributed by atoms with Crippen LogP contribution in [0, 0.1) is 0 Å². The number of nitrogens with zero attached hydrogens (tertiary/aromatic N) is 3. The number of benzene rings is 2. The lowest BCUT2D eigenvalue weighted by atomic mass is 10.3. The quantitative estimate of drug-likeness (QED) is 0.452. The van der Waals surface area contributed by atoms with Gasteiger partial charge < -0.3 is 28.8 Å². The highest BCUT2D eigenvalue weighted by atomic mass is 16.7. The van der Waals surface area contributed by atoms with Crippen molar-refractivity contribution in [3.63, 3.8) is 0 Å². The second-order valence-electron chi connectivity index (χ2n) is 6.45. The SMILES string of the molecule is O=CNc1ccc(Oc2ccc3c(c2)OCO3)nc1Oc1ccc(-n2ccnc2)cc1. The molecule has 1 N–H and O–H groups in total. The molecule has 1 aliphatic heterocycles. The first kappa shape index (κ1) is 18.5. The van der Waals surface area contributed by atoms with Gasteiger partial charge in [0.2, 0.25) is 25.0 Å². The predicted molar refractivity (Wildman–Crippen MR) is 110 cm³/mol. The molecule has 0 spiro atoms. The second kappa shape index (κ2) is 8.07. The number of carbonyl (C=O) groups is 1. The molecule has 0 saturated heterocycles. The third-order valence-corrected chi connectivity index (χ3v) is 4.47. The van der Waals surface area contributed by atoms with Crippen LogP contribution in [0.25, 0.3) is 5.69 Å². The minimum atomic E-state index is 0.181. The maximum Gasteiger partial charge on any atom is 0.246 e. The van der Waals surface area contributed by atoms with Crippen molar-refractivity contribution < 1.29 is 23.7 Å². The molecular weight excluding hydrogens is 400 g/mol. The normalized spacial score (nSPS) is 11.7. The van der Waals surface area contributed by atoms with Crippen LogP contribution in [-0.2, 0) is 4.79 Å². The summed E-state index contributed by atoms with van der Waals surface area (Å²) in [6.07, 6.45) is 5.82. The van der Waals surface area contributed by atoms with E-state index in [1.807, 2.05) is 22.9 Å². The number of ether oxygens (including phenoxy) is 4. The Labute approximate surface area is 176 Å². The van der Waals surface area contributed by atoms with Gasteiger partial charge in [0.1, 0.15) is 17.2 Å². The smallest absolute Gasteiger partial charge is 0.246 e. The van der Waals surface area contributed by atoms with Crippen molar-refractivity contribution in [2.24, 2.45) is 0 Å². The standard InChI is InChI=1S/C22H16N4O5/c27-13-24-18-6-8-21(30-17-5-7-19-20(11-17)29-14-28-19)25-22(18)31-16-3-1-15(2-4-16)26-10-9-23-12-26/h1-13H,14H2,(H,24,27). The summed E-state index contributed by atoms with van der Waals surface area (Å²) in [7, 11) is 0. The minimum absolute atomic E-state index is 0.181. The molecule has 0 radical (unpaired) electrons. The van der Waals surface area contributed by atoms with E-state index < -0.39 is 0 Å². The van der Waals surface area contributed by atoms with Gasteiger partial charge in [-0.05, 0) is 42.5 Å². The van der Waals surface area contributed by atoms with E-state index in [4.69, 9.17) is 18.9 Å². The summed E-state index contributed by atoms with van der Waals surface area (Å²) < 4.78 is 24.3. The topological polar surface area (TPSA) is 96.7 Å². The summed E-state index contributed by atoms with van der Waals surface area (Å²) in [5, 5.41) is 2.58. The second-order valence-corrected chi connectivity index (χ2v) is 6.45. The Kier molecular flexibility index (Phi) is 4.82. The molecule has 1 amide bonds. The van der Waals surface area contributed by atoms with Gasteiger partial charge in [0.25, 0.3) is 0 Å². The molecule has 31 heavy (non-hydrogen) atoms. The molecule has 0 aliphatic carbocycles. The zero-order valence-corrected chi connectivity index (χ0v) is 16.1. The van der Waals surface area contributed by atoms with Crippen LogP contribution in [0.5, 0.6) is 34.8 Å². The Hall–Kier alpha value is -4.53. The van der Waals surface area contributed by atoms with Gasteiger partial charge in [-0.1, -0.05) is 0 Å². The summed E-state index contributed by atoms with van der Waals surface area (Å²) >= 11 is 0. The molecule has 1 aliphatic rings. The number of hydrogen-bond donors (Lipinski definition) is 1. The molecule has 5 rings (SSSR count). The van der Waals surface area contributed by atoms with Crippen LogP contribution in [0.4, 0.5) is 5.69 Å². The van der Waals surface area contributed by atoms with Gasteiger partial charge in [-0.25, -0.2) is 4.98 Å². The number of pyridine rings is 1. The van der Waals surface area contributed by atoms with Crippen LogP contribution < -0.4 is 24.3 Å². The maximum atomic E-state index is 11.0. The van der Waals surface area contributed by atoms with Crippen molar-refractivity contribution in [1.82, 2.24) is 14.5 Å². The van der Waals surface area contributed by atoms with Gasteiger partial charge in [0.05, 0.1) is 6.33 Å². The predicted octanol–water partition coefficient (Wildman–Crippen LogP) is 4.15. The van der Waals surface area contributed by atoms with E-state index in [1.54, 1.807) is 55.0 Å².